The lowest BCUT2D eigenvalue weighted by atomic mass is 9.79. The number of carboxylic acid groups (broad SMARTS) is 1. The van der Waals surface area contributed by atoms with Gasteiger partial charge in [-0.05, 0) is 72.0 Å². The summed E-state index contributed by atoms with van der Waals surface area (Å²) in [5, 5.41) is 14.1. The Morgan fingerprint density at radius 3 is 1.66 bits per heavy atom. The van der Waals surface area contributed by atoms with Gasteiger partial charge in [0.15, 0.2) is 5.71 Å². The molecular weight excluding hydrogens is 721 g/mol. The summed E-state index contributed by atoms with van der Waals surface area (Å²) < 4.78 is 2.36. The summed E-state index contributed by atoms with van der Waals surface area (Å²) in [4.78, 5) is 13.2. The number of fused-ring (bicyclic) bond motifs is 6. The van der Waals surface area contributed by atoms with Crippen LogP contribution in [0, 0.1) is 0 Å². The molecule has 6 rings (SSSR count). The van der Waals surface area contributed by atoms with Crippen LogP contribution in [0.3, 0.4) is 0 Å². The molecule has 4 nitrogen and oxygen atoms in total. The number of carbonyl (C=O) groups is 1. The fourth-order valence-electron chi connectivity index (χ4n) is 9.98. The van der Waals surface area contributed by atoms with Gasteiger partial charge in [-0.1, -0.05) is 189 Å². The Morgan fingerprint density at radius 1 is 0.576 bits per heavy atom. The van der Waals surface area contributed by atoms with Crippen LogP contribution < -0.4 is 4.90 Å². The summed E-state index contributed by atoms with van der Waals surface area (Å²) in [6.07, 6.45) is 36.2. The summed E-state index contributed by atoms with van der Waals surface area (Å²) in [6, 6.07) is 26.8. The summed E-state index contributed by atoms with van der Waals surface area (Å²) in [7, 11) is 2.19. The number of rotatable bonds is 23. The standard InChI is InChI=1S/C55H70N2O2/c1-54(2)49(56(5)47-40-38-43-31-26-28-33-45(43)52(47)54)35-23-19-18-20-24-36-50-55(3,4)53-46-34-29-27-32-44(46)39-41-48(53)57(50)42-30-22-17-15-13-11-9-7-6-8-10-12-14-16-21-25-37-51(58)59/h18-20,23-24,26-29,31-36,38-41H,6-17,21-22,25,30,37,42H2,1-5H3/p+1. The highest BCUT2D eigenvalue weighted by Gasteiger charge is 2.44. The Bertz CT molecular complexity index is 2200. The van der Waals surface area contributed by atoms with Crippen molar-refractivity contribution in [3.05, 3.63) is 132 Å². The van der Waals surface area contributed by atoms with E-state index in [0.717, 1.165) is 19.4 Å². The van der Waals surface area contributed by atoms with Crippen LogP contribution in [0.15, 0.2) is 121 Å². The molecule has 4 aromatic carbocycles. The molecule has 59 heavy (non-hydrogen) atoms. The van der Waals surface area contributed by atoms with E-state index < -0.39 is 5.97 Å². The zero-order chi connectivity index (χ0) is 41.7. The van der Waals surface area contributed by atoms with Crippen LogP contribution in [-0.2, 0) is 15.6 Å². The van der Waals surface area contributed by atoms with Gasteiger partial charge in [0.25, 0.3) is 0 Å². The van der Waals surface area contributed by atoms with Crippen LogP contribution in [0.25, 0.3) is 21.5 Å². The predicted molar refractivity (Wildman–Crippen MR) is 254 cm³/mol. The van der Waals surface area contributed by atoms with Gasteiger partial charge in [0.2, 0.25) is 5.69 Å². The third-order valence-corrected chi connectivity index (χ3v) is 13.1. The van der Waals surface area contributed by atoms with Crippen molar-refractivity contribution in [1.29, 1.82) is 0 Å². The van der Waals surface area contributed by atoms with Gasteiger partial charge in [-0.25, -0.2) is 0 Å². The summed E-state index contributed by atoms with van der Waals surface area (Å²) in [5.41, 5.74) is 8.05. The van der Waals surface area contributed by atoms with E-state index in [9.17, 15) is 4.79 Å². The Morgan fingerprint density at radius 2 is 1.07 bits per heavy atom. The number of aliphatic carboxylic acids is 1. The fourth-order valence-corrected chi connectivity index (χ4v) is 9.98. The average Bonchev–Trinajstić information content (AvgIpc) is 3.57. The van der Waals surface area contributed by atoms with E-state index in [1.54, 1.807) is 0 Å². The molecule has 4 heteroatoms. The van der Waals surface area contributed by atoms with Gasteiger partial charge < -0.3 is 10.0 Å². The monoisotopic (exact) mass is 792 g/mol. The Kier molecular flexibility index (Phi) is 15.6. The first-order chi connectivity index (χ1) is 28.6. The van der Waals surface area contributed by atoms with E-state index in [1.165, 1.54) is 145 Å². The molecule has 0 spiro atoms. The number of nitrogens with zero attached hydrogens (tertiary/aromatic N) is 2. The minimum Gasteiger partial charge on any atom is -0.481 e. The lowest BCUT2D eigenvalue weighted by molar-refractivity contribution is -0.401. The van der Waals surface area contributed by atoms with E-state index in [-0.39, 0.29) is 10.8 Å². The molecule has 0 aliphatic carbocycles. The Hall–Kier alpha value is -4.70. The second-order valence-corrected chi connectivity index (χ2v) is 18.2. The van der Waals surface area contributed by atoms with Crippen molar-refractivity contribution in [2.24, 2.45) is 0 Å². The van der Waals surface area contributed by atoms with Crippen LogP contribution in [0.2, 0.25) is 0 Å². The van der Waals surface area contributed by atoms with Crippen molar-refractivity contribution >= 4 is 44.6 Å². The van der Waals surface area contributed by atoms with E-state index in [4.69, 9.17) is 5.11 Å². The lowest BCUT2D eigenvalue weighted by Gasteiger charge is -2.27. The average molecular weight is 792 g/mol. The van der Waals surface area contributed by atoms with Gasteiger partial charge in [0.05, 0.1) is 5.41 Å². The van der Waals surface area contributed by atoms with Gasteiger partial charge in [0, 0.05) is 47.5 Å². The molecule has 0 atom stereocenters. The quantitative estimate of drug-likeness (QED) is 0.0462. The topological polar surface area (TPSA) is 43.5 Å². The molecule has 0 fully saturated rings. The smallest absolute Gasteiger partial charge is 0.303 e. The minimum atomic E-state index is -0.662. The Labute approximate surface area is 356 Å². The number of unbranched alkanes of at least 4 members (excludes halogenated alkanes) is 15. The van der Waals surface area contributed by atoms with Gasteiger partial charge in [-0.3, -0.25) is 4.79 Å². The fraction of sp³-hybridized carbons (Fsp3) is 0.455. The third-order valence-electron chi connectivity index (χ3n) is 13.1. The molecule has 2 aliphatic rings. The van der Waals surface area contributed by atoms with Crippen LogP contribution in [0.4, 0.5) is 11.4 Å². The Balaban J connectivity index is 0.982. The van der Waals surface area contributed by atoms with Crippen molar-refractivity contribution in [3.8, 4) is 0 Å². The van der Waals surface area contributed by atoms with Gasteiger partial charge in [0.1, 0.15) is 7.05 Å². The van der Waals surface area contributed by atoms with Crippen LogP contribution >= 0.6 is 0 Å². The number of allylic oxidation sites excluding steroid dienone is 8. The zero-order valence-corrected chi connectivity index (χ0v) is 36.9. The zero-order valence-electron chi connectivity index (χ0n) is 36.9. The normalized spacial score (nSPS) is 16.6. The number of benzene rings is 4. The highest BCUT2D eigenvalue weighted by atomic mass is 16.4. The molecule has 312 valence electrons. The molecular formula is C55H71N2O2+. The molecule has 2 heterocycles. The predicted octanol–water partition coefficient (Wildman–Crippen LogP) is 15.1. The maximum atomic E-state index is 10.6. The molecule has 0 amide bonds. The SMILES string of the molecule is C[N+]1=C(/C=C/C=C/C=C/C=C2/N(CCCCCCCCCCCCCCCCCCC(=O)O)c3ccc4ccccc4c3C2(C)C)C(C)(C)c2c1ccc1ccccc21. The molecule has 0 saturated carbocycles. The molecule has 0 saturated heterocycles. The van der Waals surface area contributed by atoms with Gasteiger partial charge >= 0.3 is 5.97 Å². The van der Waals surface area contributed by atoms with E-state index in [2.05, 4.69) is 160 Å². The van der Waals surface area contributed by atoms with Crippen molar-refractivity contribution in [2.75, 3.05) is 18.5 Å². The maximum absolute atomic E-state index is 10.6. The van der Waals surface area contributed by atoms with E-state index in [0.29, 0.717) is 6.42 Å². The van der Waals surface area contributed by atoms with Crippen LogP contribution in [0.5, 0.6) is 0 Å². The lowest BCUT2D eigenvalue weighted by Crippen LogP contribution is -2.27. The molecule has 4 aromatic rings. The molecule has 0 radical (unpaired) electrons. The third kappa shape index (κ3) is 10.7. The number of carboxylic acids is 1. The largest absolute Gasteiger partial charge is 0.481 e. The summed E-state index contributed by atoms with van der Waals surface area (Å²) in [6.45, 7) is 10.6. The van der Waals surface area contributed by atoms with E-state index >= 15 is 0 Å². The summed E-state index contributed by atoms with van der Waals surface area (Å²) >= 11 is 0. The first kappa shape index (κ1) is 43.9. The van der Waals surface area contributed by atoms with E-state index in [1.807, 2.05) is 0 Å². The first-order valence-electron chi connectivity index (χ1n) is 23.0. The second-order valence-electron chi connectivity index (χ2n) is 18.2. The van der Waals surface area contributed by atoms with Crippen molar-refractivity contribution in [1.82, 2.24) is 0 Å². The van der Waals surface area contributed by atoms with Crippen molar-refractivity contribution in [2.45, 2.75) is 148 Å². The molecule has 2 aliphatic heterocycles. The summed E-state index contributed by atoms with van der Waals surface area (Å²) in [5.74, 6) is -0.662. The van der Waals surface area contributed by atoms with Crippen LogP contribution in [0.1, 0.15) is 148 Å². The van der Waals surface area contributed by atoms with Crippen LogP contribution in [-0.4, -0.2) is 35.0 Å². The number of hydrogen-bond acceptors (Lipinski definition) is 2. The highest BCUT2D eigenvalue weighted by Crippen LogP contribution is 2.51. The van der Waals surface area contributed by atoms with Gasteiger partial charge in [-0.15, -0.1) is 0 Å². The first-order valence-corrected chi connectivity index (χ1v) is 23.0. The minimum absolute atomic E-state index is 0.0816. The molecule has 1 N–H and O–H groups in total. The second kappa shape index (κ2) is 21.0. The number of hydrogen-bond donors (Lipinski definition) is 1. The van der Waals surface area contributed by atoms with Gasteiger partial charge in [-0.2, -0.15) is 4.58 Å². The molecule has 0 unspecified atom stereocenters. The number of anilines is 1. The molecule has 0 bridgehead atoms. The maximum Gasteiger partial charge on any atom is 0.303 e. The molecule has 0 aromatic heterocycles. The highest BCUT2D eigenvalue weighted by molar-refractivity contribution is 6.07. The van der Waals surface area contributed by atoms with Crippen molar-refractivity contribution < 1.29 is 14.5 Å². The van der Waals surface area contributed by atoms with Crippen molar-refractivity contribution in [3.63, 3.8) is 0 Å².